The monoisotopic (exact) mass is 353 g/mol. The van der Waals surface area contributed by atoms with Crippen LogP contribution in [0.15, 0.2) is 41.6 Å². The summed E-state index contributed by atoms with van der Waals surface area (Å²) in [6.07, 6.45) is 2.43. The van der Waals surface area contributed by atoms with Crippen molar-refractivity contribution in [3.8, 4) is 5.69 Å². The number of hydrogen-bond donors (Lipinski definition) is 0. The van der Waals surface area contributed by atoms with E-state index in [1.54, 1.807) is 4.68 Å². The normalized spacial score (nSPS) is 14.0. The summed E-state index contributed by atoms with van der Waals surface area (Å²) in [5.41, 5.74) is 3.95. The number of carbonyl (C=O) groups excluding carboxylic acids is 1. The minimum atomic E-state index is 0.118. The molecule has 1 aromatic carbocycles. The molecule has 3 aromatic rings. The first-order valence-electron chi connectivity index (χ1n) is 8.33. The van der Waals surface area contributed by atoms with Gasteiger partial charge in [-0.3, -0.25) is 4.79 Å². The maximum atomic E-state index is 12.7. The van der Waals surface area contributed by atoms with E-state index in [0.29, 0.717) is 17.0 Å². The number of carbonyl (C=O) groups is 1. The smallest absolute Gasteiger partial charge is 0.214 e. The third-order valence-electron chi connectivity index (χ3n) is 4.47. The number of ketones is 1. The number of hydrogen-bond acceptors (Lipinski definition) is 5. The first-order valence-corrected chi connectivity index (χ1v) is 9.32. The average Bonchev–Trinajstić information content (AvgIpc) is 3.25. The van der Waals surface area contributed by atoms with Crippen molar-refractivity contribution >= 4 is 17.5 Å². The summed E-state index contributed by atoms with van der Waals surface area (Å²) < 4.78 is 3.96. The molecular formula is C18H19N5OS. The highest BCUT2D eigenvalue weighted by atomic mass is 32.2. The summed E-state index contributed by atoms with van der Waals surface area (Å²) >= 11 is 1.37. The zero-order chi connectivity index (χ0) is 17.4. The van der Waals surface area contributed by atoms with Gasteiger partial charge in [-0.05, 0) is 55.3 Å². The van der Waals surface area contributed by atoms with E-state index in [1.807, 2.05) is 43.3 Å². The van der Waals surface area contributed by atoms with Crippen LogP contribution in [0.5, 0.6) is 0 Å². The Kier molecular flexibility index (Phi) is 4.17. The van der Waals surface area contributed by atoms with E-state index >= 15 is 0 Å². The Morgan fingerprint density at radius 1 is 1.24 bits per heavy atom. The lowest BCUT2D eigenvalue weighted by Gasteiger charge is -2.07. The number of aryl methyl sites for hydroxylation is 1. The number of para-hydroxylation sites is 1. The van der Waals surface area contributed by atoms with Gasteiger partial charge in [0, 0.05) is 23.0 Å². The van der Waals surface area contributed by atoms with Crippen LogP contribution in [0.25, 0.3) is 5.69 Å². The Balaban J connectivity index is 1.50. The molecule has 0 radical (unpaired) electrons. The van der Waals surface area contributed by atoms with E-state index in [9.17, 15) is 4.79 Å². The lowest BCUT2D eigenvalue weighted by atomic mass is 10.2. The third kappa shape index (κ3) is 3.11. The van der Waals surface area contributed by atoms with Crippen LogP contribution < -0.4 is 0 Å². The molecule has 0 saturated heterocycles. The summed E-state index contributed by atoms with van der Waals surface area (Å²) in [7, 11) is 0. The van der Waals surface area contributed by atoms with Crippen LogP contribution in [0.4, 0.5) is 0 Å². The van der Waals surface area contributed by atoms with Crippen LogP contribution in [0.2, 0.25) is 0 Å². The van der Waals surface area contributed by atoms with E-state index in [-0.39, 0.29) is 5.78 Å². The van der Waals surface area contributed by atoms with E-state index in [1.165, 1.54) is 30.3 Å². The van der Waals surface area contributed by atoms with Gasteiger partial charge < -0.3 is 4.57 Å². The molecule has 2 heterocycles. The summed E-state index contributed by atoms with van der Waals surface area (Å²) in [4.78, 5) is 12.7. The molecule has 1 aliphatic carbocycles. The van der Waals surface area contributed by atoms with E-state index < -0.39 is 0 Å². The topological polar surface area (TPSA) is 65.6 Å². The molecule has 7 heteroatoms. The first kappa shape index (κ1) is 16.1. The molecule has 0 aliphatic heterocycles. The molecule has 0 atom stereocenters. The van der Waals surface area contributed by atoms with Crippen LogP contribution in [-0.4, -0.2) is 36.3 Å². The fourth-order valence-electron chi connectivity index (χ4n) is 3.16. The number of nitrogens with zero attached hydrogens (tertiary/aromatic N) is 5. The Morgan fingerprint density at radius 2 is 2.00 bits per heavy atom. The Morgan fingerprint density at radius 3 is 2.72 bits per heavy atom. The second kappa shape index (κ2) is 6.48. The number of tetrazole rings is 1. The van der Waals surface area contributed by atoms with Gasteiger partial charge in [-0.2, -0.15) is 4.68 Å². The van der Waals surface area contributed by atoms with Crippen molar-refractivity contribution in [2.45, 2.75) is 37.9 Å². The molecule has 0 unspecified atom stereocenters. The predicted octanol–water partition coefficient (Wildman–Crippen LogP) is 3.39. The molecule has 0 spiro atoms. The van der Waals surface area contributed by atoms with Gasteiger partial charge in [0.2, 0.25) is 5.16 Å². The quantitative estimate of drug-likeness (QED) is 0.502. The van der Waals surface area contributed by atoms with Gasteiger partial charge in [-0.15, -0.1) is 5.10 Å². The second-order valence-corrected chi connectivity index (χ2v) is 7.25. The largest absolute Gasteiger partial charge is 0.345 e. The predicted molar refractivity (Wildman–Crippen MR) is 96.4 cm³/mol. The number of thioether (sulfide) groups is 1. The van der Waals surface area contributed by atoms with Gasteiger partial charge in [-0.25, -0.2) is 0 Å². The van der Waals surface area contributed by atoms with Gasteiger partial charge in [0.25, 0.3) is 0 Å². The van der Waals surface area contributed by atoms with Crippen molar-refractivity contribution in [3.05, 3.63) is 53.3 Å². The first-order chi connectivity index (χ1) is 12.1. The highest BCUT2D eigenvalue weighted by Crippen LogP contribution is 2.38. The number of benzene rings is 1. The van der Waals surface area contributed by atoms with Gasteiger partial charge in [0.1, 0.15) is 0 Å². The fraction of sp³-hybridized carbons (Fsp3) is 0.333. The number of rotatable bonds is 6. The van der Waals surface area contributed by atoms with Crippen molar-refractivity contribution in [2.24, 2.45) is 0 Å². The molecule has 6 nitrogen and oxygen atoms in total. The lowest BCUT2D eigenvalue weighted by Crippen LogP contribution is -2.07. The second-order valence-electron chi connectivity index (χ2n) is 6.31. The van der Waals surface area contributed by atoms with Gasteiger partial charge >= 0.3 is 0 Å². The molecule has 0 amide bonds. The molecule has 1 aliphatic rings. The summed E-state index contributed by atoms with van der Waals surface area (Å²) in [6.45, 7) is 4.11. The zero-order valence-corrected chi connectivity index (χ0v) is 15.0. The molecule has 1 fully saturated rings. The minimum Gasteiger partial charge on any atom is -0.345 e. The molecular weight excluding hydrogens is 334 g/mol. The summed E-state index contributed by atoms with van der Waals surface area (Å²) in [5.74, 6) is 0.440. The van der Waals surface area contributed by atoms with Crippen LogP contribution in [0.3, 0.4) is 0 Å². The summed E-state index contributed by atoms with van der Waals surface area (Å²) in [5, 5.41) is 12.4. The zero-order valence-electron chi connectivity index (χ0n) is 14.2. The summed E-state index contributed by atoms with van der Waals surface area (Å²) in [6, 6.07) is 12.3. The Hall–Kier alpha value is -2.41. The molecule has 0 bridgehead atoms. The standard InChI is InChI=1S/C18H19N5OS/c1-12-10-16(13(2)22(12)14-8-9-14)17(24)11-25-18-19-20-21-23(18)15-6-4-3-5-7-15/h3-7,10,14H,8-9,11H2,1-2H3. The highest BCUT2D eigenvalue weighted by Gasteiger charge is 2.28. The molecule has 4 rings (SSSR count). The molecule has 25 heavy (non-hydrogen) atoms. The molecule has 128 valence electrons. The molecule has 2 aromatic heterocycles. The number of Topliss-reactive ketones (excluding diaryl/α,β-unsaturated/α-hetero) is 1. The van der Waals surface area contributed by atoms with Crippen molar-refractivity contribution < 1.29 is 4.79 Å². The third-order valence-corrected chi connectivity index (χ3v) is 5.39. The molecule has 1 saturated carbocycles. The van der Waals surface area contributed by atoms with Crippen molar-refractivity contribution in [1.82, 2.24) is 24.8 Å². The average molecular weight is 353 g/mol. The van der Waals surface area contributed by atoms with Crippen LogP contribution in [0.1, 0.15) is 40.6 Å². The minimum absolute atomic E-state index is 0.118. The number of aromatic nitrogens is 5. The van der Waals surface area contributed by atoms with Crippen molar-refractivity contribution in [1.29, 1.82) is 0 Å². The SMILES string of the molecule is Cc1cc(C(=O)CSc2nnnn2-c2ccccc2)c(C)n1C1CC1. The Labute approximate surface area is 150 Å². The Bertz CT molecular complexity index is 911. The maximum Gasteiger partial charge on any atom is 0.214 e. The maximum absolute atomic E-state index is 12.7. The molecule has 0 N–H and O–H groups in total. The fourth-order valence-corrected chi connectivity index (χ4v) is 3.94. The van der Waals surface area contributed by atoms with E-state index in [0.717, 1.165) is 16.9 Å². The van der Waals surface area contributed by atoms with Crippen LogP contribution >= 0.6 is 11.8 Å². The van der Waals surface area contributed by atoms with Crippen LogP contribution in [0, 0.1) is 13.8 Å². The van der Waals surface area contributed by atoms with Gasteiger partial charge in [-0.1, -0.05) is 30.0 Å². The van der Waals surface area contributed by atoms with Crippen LogP contribution in [-0.2, 0) is 0 Å². The van der Waals surface area contributed by atoms with Gasteiger partial charge in [0.15, 0.2) is 5.78 Å². The lowest BCUT2D eigenvalue weighted by molar-refractivity contribution is 0.102. The van der Waals surface area contributed by atoms with Crippen molar-refractivity contribution in [2.75, 3.05) is 5.75 Å². The van der Waals surface area contributed by atoms with Gasteiger partial charge in [0.05, 0.1) is 11.4 Å². The van der Waals surface area contributed by atoms with E-state index in [4.69, 9.17) is 0 Å². The highest BCUT2D eigenvalue weighted by molar-refractivity contribution is 7.99. The van der Waals surface area contributed by atoms with E-state index in [2.05, 4.69) is 27.0 Å². The van der Waals surface area contributed by atoms with Crippen molar-refractivity contribution in [3.63, 3.8) is 0 Å².